The van der Waals surface area contributed by atoms with Gasteiger partial charge in [0.25, 0.3) is 0 Å². The van der Waals surface area contributed by atoms with Gasteiger partial charge in [0.05, 0.1) is 0 Å². The molecule has 0 aliphatic heterocycles. The first-order valence-electron chi connectivity index (χ1n) is 2.30. The summed E-state index contributed by atoms with van der Waals surface area (Å²) in [6.45, 7) is 0. The van der Waals surface area contributed by atoms with E-state index in [1.54, 1.807) is 0 Å². The molecule has 0 bridgehead atoms. The van der Waals surface area contributed by atoms with E-state index in [9.17, 15) is 0 Å². The van der Waals surface area contributed by atoms with Crippen molar-refractivity contribution in [2.24, 2.45) is 11.5 Å². The maximum atomic E-state index is 6.81. The van der Waals surface area contributed by atoms with Crippen LogP contribution >= 0.6 is 0 Å². The fraction of sp³-hybridized carbons (Fsp3) is 0.500. The van der Waals surface area contributed by atoms with E-state index >= 15 is 0 Å². The van der Waals surface area contributed by atoms with Crippen molar-refractivity contribution in [2.45, 2.75) is 6.10 Å². The normalized spacial score (nSPS) is 12.6. The molecule has 0 aliphatic carbocycles. The van der Waals surface area contributed by atoms with E-state index in [0.29, 0.717) is 0 Å². The van der Waals surface area contributed by atoms with Crippen LogP contribution in [0.3, 0.4) is 0 Å². The predicted octanol–water partition coefficient (Wildman–Crippen LogP) is -1.13. The van der Waals surface area contributed by atoms with Crippen LogP contribution in [0.15, 0.2) is 0 Å². The van der Waals surface area contributed by atoms with Gasteiger partial charge in [0.15, 0.2) is 6.10 Å². The summed E-state index contributed by atoms with van der Waals surface area (Å²) in [7, 11) is 1.34. The van der Waals surface area contributed by atoms with Crippen LogP contribution in [0.5, 0.6) is 0 Å². The smallest absolute Gasteiger partial charge is 0.170 e. The Bertz CT molecular complexity index is 119. The molecule has 0 radical (unpaired) electrons. The highest BCUT2D eigenvalue weighted by Gasteiger charge is 2.12. The third-order valence-corrected chi connectivity index (χ3v) is 0.801. The molecular formula is C4H10N4O. The standard InChI is InChI=1S/C4H10N4O/c1-9-2(3(5)6)4(7)8/h2H,1H3,(H3,5,6)(H3,7,8). The second-order valence-electron chi connectivity index (χ2n) is 1.53. The van der Waals surface area contributed by atoms with Crippen molar-refractivity contribution in [3.05, 3.63) is 0 Å². The summed E-state index contributed by atoms with van der Waals surface area (Å²) >= 11 is 0. The Hall–Kier alpha value is -1.10. The molecule has 6 N–H and O–H groups in total. The third kappa shape index (κ3) is 2.09. The zero-order valence-corrected chi connectivity index (χ0v) is 5.14. The van der Waals surface area contributed by atoms with Crippen molar-refractivity contribution in [3.63, 3.8) is 0 Å². The number of ether oxygens (including phenoxy) is 1. The van der Waals surface area contributed by atoms with E-state index in [0.717, 1.165) is 0 Å². The van der Waals surface area contributed by atoms with Gasteiger partial charge in [-0.3, -0.25) is 10.8 Å². The van der Waals surface area contributed by atoms with E-state index in [1.807, 2.05) is 0 Å². The Labute approximate surface area is 53.0 Å². The number of rotatable bonds is 3. The number of nitrogens with one attached hydrogen (secondary N) is 2. The van der Waals surface area contributed by atoms with Gasteiger partial charge in [-0.05, 0) is 0 Å². The lowest BCUT2D eigenvalue weighted by molar-refractivity contribution is 0.201. The highest BCUT2D eigenvalue weighted by molar-refractivity contribution is 6.04. The molecule has 0 aromatic heterocycles. The van der Waals surface area contributed by atoms with E-state index in [1.165, 1.54) is 7.11 Å². The monoisotopic (exact) mass is 130 g/mol. The summed E-state index contributed by atoms with van der Waals surface area (Å²) in [6, 6.07) is 0. The van der Waals surface area contributed by atoms with Crippen LogP contribution in [0.2, 0.25) is 0 Å². The highest BCUT2D eigenvalue weighted by atomic mass is 16.5. The Morgan fingerprint density at radius 2 is 1.67 bits per heavy atom. The van der Waals surface area contributed by atoms with Gasteiger partial charge in [-0.25, -0.2) is 0 Å². The molecule has 5 heteroatoms. The number of hydrogen-bond donors (Lipinski definition) is 4. The number of hydrogen-bond acceptors (Lipinski definition) is 3. The molecule has 0 spiro atoms. The fourth-order valence-electron chi connectivity index (χ4n) is 0.421. The molecule has 0 amide bonds. The maximum absolute atomic E-state index is 6.81. The summed E-state index contributed by atoms with van der Waals surface area (Å²) < 4.78 is 4.57. The molecule has 9 heavy (non-hydrogen) atoms. The molecule has 0 aromatic rings. The second kappa shape index (κ2) is 3.03. The van der Waals surface area contributed by atoms with E-state index in [4.69, 9.17) is 22.3 Å². The molecule has 0 unspecified atom stereocenters. The van der Waals surface area contributed by atoms with Crippen LogP contribution < -0.4 is 11.5 Å². The largest absolute Gasteiger partial charge is 0.385 e. The minimum atomic E-state index is -0.856. The molecular weight excluding hydrogens is 120 g/mol. The lowest BCUT2D eigenvalue weighted by Gasteiger charge is -2.09. The van der Waals surface area contributed by atoms with Gasteiger partial charge in [-0.1, -0.05) is 0 Å². The predicted molar refractivity (Wildman–Crippen MR) is 34.6 cm³/mol. The fourth-order valence-corrected chi connectivity index (χ4v) is 0.421. The van der Waals surface area contributed by atoms with Gasteiger partial charge in [-0.15, -0.1) is 0 Å². The first-order chi connectivity index (χ1) is 4.09. The Balaban J connectivity index is 3.99. The average Bonchev–Trinajstić information content (AvgIpc) is 1.64. The zero-order chi connectivity index (χ0) is 7.44. The Morgan fingerprint density at radius 1 is 1.33 bits per heavy atom. The van der Waals surface area contributed by atoms with E-state index < -0.39 is 6.10 Å². The van der Waals surface area contributed by atoms with Crippen molar-refractivity contribution >= 4 is 11.7 Å². The van der Waals surface area contributed by atoms with Crippen LogP contribution in [0.4, 0.5) is 0 Å². The first kappa shape index (κ1) is 7.90. The van der Waals surface area contributed by atoms with E-state index in [2.05, 4.69) is 4.74 Å². The van der Waals surface area contributed by atoms with Crippen molar-refractivity contribution in [1.82, 2.24) is 0 Å². The summed E-state index contributed by atoms with van der Waals surface area (Å²) in [4.78, 5) is 0. The summed E-state index contributed by atoms with van der Waals surface area (Å²) in [5, 5.41) is 13.6. The van der Waals surface area contributed by atoms with Crippen LogP contribution in [-0.4, -0.2) is 24.9 Å². The SMILES string of the molecule is COC(C(=N)N)C(=N)N. The van der Waals surface area contributed by atoms with Crippen molar-refractivity contribution in [1.29, 1.82) is 10.8 Å². The lowest BCUT2D eigenvalue weighted by atomic mass is 10.3. The third-order valence-electron chi connectivity index (χ3n) is 0.801. The molecule has 0 atom stereocenters. The molecule has 0 heterocycles. The number of nitrogens with two attached hydrogens (primary N) is 2. The molecule has 0 saturated carbocycles. The summed E-state index contributed by atoms with van der Waals surface area (Å²) in [5.74, 6) is -0.491. The minimum Gasteiger partial charge on any atom is -0.385 e. The second-order valence-corrected chi connectivity index (χ2v) is 1.53. The van der Waals surface area contributed by atoms with Crippen molar-refractivity contribution in [2.75, 3.05) is 7.11 Å². The lowest BCUT2D eigenvalue weighted by Crippen LogP contribution is -2.40. The van der Waals surface area contributed by atoms with E-state index in [-0.39, 0.29) is 11.7 Å². The van der Waals surface area contributed by atoms with Crippen LogP contribution in [0, 0.1) is 10.8 Å². The quantitative estimate of drug-likeness (QED) is 0.287. The zero-order valence-electron chi connectivity index (χ0n) is 5.14. The van der Waals surface area contributed by atoms with Crippen molar-refractivity contribution < 1.29 is 4.74 Å². The van der Waals surface area contributed by atoms with Crippen LogP contribution in [-0.2, 0) is 4.74 Å². The van der Waals surface area contributed by atoms with Gasteiger partial charge in [0.1, 0.15) is 11.7 Å². The van der Waals surface area contributed by atoms with Gasteiger partial charge < -0.3 is 16.2 Å². The number of methoxy groups -OCH3 is 1. The molecule has 0 fully saturated rings. The molecule has 0 rings (SSSR count). The molecule has 0 aliphatic rings. The maximum Gasteiger partial charge on any atom is 0.170 e. The molecule has 5 nitrogen and oxygen atoms in total. The van der Waals surface area contributed by atoms with Crippen LogP contribution in [0.1, 0.15) is 0 Å². The van der Waals surface area contributed by atoms with Gasteiger partial charge in [0.2, 0.25) is 0 Å². The molecule has 52 valence electrons. The van der Waals surface area contributed by atoms with Gasteiger partial charge in [-0.2, -0.15) is 0 Å². The topological polar surface area (TPSA) is 109 Å². The van der Waals surface area contributed by atoms with Gasteiger partial charge >= 0.3 is 0 Å². The summed E-state index contributed by atoms with van der Waals surface area (Å²) in [5.41, 5.74) is 9.97. The Morgan fingerprint density at radius 3 is 1.67 bits per heavy atom. The van der Waals surface area contributed by atoms with Crippen molar-refractivity contribution in [3.8, 4) is 0 Å². The Kier molecular flexibility index (Phi) is 2.66. The minimum absolute atomic E-state index is 0.245. The summed E-state index contributed by atoms with van der Waals surface area (Å²) in [6.07, 6.45) is -0.856. The van der Waals surface area contributed by atoms with Gasteiger partial charge in [0, 0.05) is 7.11 Å². The highest BCUT2D eigenvalue weighted by Crippen LogP contribution is 1.85. The molecule has 0 saturated heterocycles. The first-order valence-corrected chi connectivity index (χ1v) is 2.30. The van der Waals surface area contributed by atoms with Crippen LogP contribution in [0.25, 0.3) is 0 Å². The number of amidine groups is 2. The molecule has 0 aromatic carbocycles. The average molecular weight is 130 g/mol.